The molecule has 25 heavy (non-hydrogen) atoms. The molecule has 1 aliphatic heterocycles. The third kappa shape index (κ3) is 5.52. The van der Waals surface area contributed by atoms with Gasteiger partial charge in [-0.05, 0) is 24.7 Å². The van der Waals surface area contributed by atoms with Gasteiger partial charge in [-0.15, -0.1) is 0 Å². The summed E-state index contributed by atoms with van der Waals surface area (Å²) in [4.78, 5) is 21.7. The van der Waals surface area contributed by atoms with Crippen molar-refractivity contribution in [1.82, 2.24) is 9.97 Å². The van der Waals surface area contributed by atoms with Crippen LogP contribution < -0.4 is 10.2 Å². The van der Waals surface area contributed by atoms with E-state index in [2.05, 4.69) is 43.0 Å². The van der Waals surface area contributed by atoms with Gasteiger partial charge in [0, 0.05) is 26.2 Å². The Balaban J connectivity index is 2.28. The molecule has 2 rings (SSSR count). The van der Waals surface area contributed by atoms with Crippen LogP contribution in [0.1, 0.15) is 40.5 Å². The van der Waals surface area contributed by atoms with Gasteiger partial charge in [0.1, 0.15) is 6.33 Å². The molecule has 140 valence electrons. The molecule has 0 spiro atoms. The number of hydrogen-bond donors (Lipinski definition) is 1. The van der Waals surface area contributed by atoms with E-state index in [0.29, 0.717) is 37.3 Å². The highest BCUT2D eigenvalue weighted by Gasteiger charge is 2.28. The van der Waals surface area contributed by atoms with Crippen molar-refractivity contribution in [2.75, 3.05) is 36.5 Å². The van der Waals surface area contributed by atoms with Crippen LogP contribution in [0.2, 0.25) is 0 Å². The molecule has 0 aromatic carbocycles. The number of nitrogens with one attached hydrogen (secondary N) is 1. The van der Waals surface area contributed by atoms with Gasteiger partial charge >= 0.3 is 5.69 Å². The second kappa shape index (κ2) is 8.94. The summed E-state index contributed by atoms with van der Waals surface area (Å²) in [6, 6.07) is 0. The minimum Gasteiger partial charge on any atom is -0.376 e. The van der Waals surface area contributed by atoms with Crippen molar-refractivity contribution in [3.8, 4) is 0 Å². The Labute approximate surface area is 149 Å². The van der Waals surface area contributed by atoms with Crippen LogP contribution >= 0.6 is 0 Å². The zero-order valence-corrected chi connectivity index (χ0v) is 15.6. The molecule has 0 aliphatic carbocycles. The van der Waals surface area contributed by atoms with Crippen molar-refractivity contribution in [1.29, 1.82) is 0 Å². The zero-order chi connectivity index (χ0) is 18.4. The van der Waals surface area contributed by atoms with Crippen LogP contribution in [0.4, 0.5) is 17.3 Å². The molecular weight excluding hydrogens is 322 g/mol. The van der Waals surface area contributed by atoms with Crippen LogP contribution in [0.15, 0.2) is 6.33 Å². The van der Waals surface area contributed by atoms with Crippen LogP contribution in [0.5, 0.6) is 0 Å². The van der Waals surface area contributed by atoms with Gasteiger partial charge in [-0.25, -0.2) is 9.97 Å². The number of anilines is 2. The van der Waals surface area contributed by atoms with Gasteiger partial charge in [0.25, 0.3) is 0 Å². The first-order valence-corrected chi connectivity index (χ1v) is 8.98. The topological polar surface area (TPSA) is 93.4 Å². The number of nitro groups is 1. The van der Waals surface area contributed by atoms with Crippen molar-refractivity contribution in [2.24, 2.45) is 11.8 Å². The lowest BCUT2D eigenvalue weighted by Crippen LogP contribution is -2.33. The molecule has 1 aromatic heterocycles. The number of ether oxygens (including phenoxy) is 1. The predicted octanol–water partition coefficient (Wildman–Crippen LogP) is 3.09. The van der Waals surface area contributed by atoms with Gasteiger partial charge in [0.2, 0.25) is 11.6 Å². The third-order valence-electron chi connectivity index (χ3n) is 3.98. The van der Waals surface area contributed by atoms with Crippen molar-refractivity contribution in [3.63, 3.8) is 0 Å². The maximum atomic E-state index is 11.7. The smallest absolute Gasteiger partial charge is 0.353 e. The molecule has 1 saturated heterocycles. The third-order valence-corrected chi connectivity index (χ3v) is 3.98. The molecule has 8 nitrogen and oxygen atoms in total. The second-order valence-electron chi connectivity index (χ2n) is 7.36. The van der Waals surface area contributed by atoms with Gasteiger partial charge < -0.3 is 15.0 Å². The van der Waals surface area contributed by atoms with Gasteiger partial charge in [0.05, 0.1) is 11.0 Å². The lowest BCUT2D eigenvalue weighted by Gasteiger charge is -2.27. The van der Waals surface area contributed by atoms with E-state index in [-0.39, 0.29) is 22.5 Å². The largest absolute Gasteiger partial charge is 0.376 e. The molecule has 0 bridgehead atoms. The summed E-state index contributed by atoms with van der Waals surface area (Å²) in [5.41, 5.74) is -0.0539. The summed E-state index contributed by atoms with van der Waals surface area (Å²) in [7, 11) is 0. The fraction of sp³-hybridized carbons (Fsp3) is 0.765. The Morgan fingerprint density at radius 3 is 2.52 bits per heavy atom. The van der Waals surface area contributed by atoms with E-state index in [4.69, 9.17) is 4.74 Å². The maximum Gasteiger partial charge on any atom is 0.353 e. The first kappa shape index (κ1) is 19.4. The van der Waals surface area contributed by atoms with Gasteiger partial charge in [-0.2, -0.15) is 0 Å². The van der Waals surface area contributed by atoms with Crippen LogP contribution in [0.25, 0.3) is 0 Å². The minimum atomic E-state index is -0.388. The van der Waals surface area contributed by atoms with E-state index in [0.717, 1.165) is 19.4 Å². The summed E-state index contributed by atoms with van der Waals surface area (Å²) in [5, 5.41) is 14.8. The summed E-state index contributed by atoms with van der Waals surface area (Å²) in [6.45, 7) is 11.1. The molecular formula is C17H29N5O3. The number of rotatable bonds is 9. The lowest BCUT2D eigenvalue weighted by molar-refractivity contribution is -0.383. The average Bonchev–Trinajstić information content (AvgIpc) is 3.04. The Morgan fingerprint density at radius 1 is 1.32 bits per heavy atom. The highest BCUT2D eigenvalue weighted by Crippen LogP contribution is 2.32. The molecule has 0 radical (unpaired) electrons. The van der Waals surface area contributed by atoms with Crippen molar-refractivity contribution >= 4 is 17.3 Å². The van der Waals surface area contributed by atoms with Crippen molar-refractivity contribution in [3.05, 3.63) is 16.4 Å². The quantitative estimate of drug-likeness (QED) is 0.539. The van der Waals surface area contributed by atoms with Crippen LogP contribution in [0, 0.1) is 22.0 Å². The maximum absolute atomic E-state index is 11.7. The fourth-order valence-electron chi connectivity index (χ4n) is 3.04. The molecule has 1 fully saturated rings. The highest BCUT2D eigenvalue weighted by molar-refractivity contribution is 5.70. The first-order chi connectivity index (χ1) is 11.9. The van der Waals surface area contributed by atoms with Crippen LogP contribution in [-0.4, -0.2) is 47.2 Å². The van der Waals surface area contributed by atoms with Gasteiger partial charge in [-0.1, -0.05) is 27.7 Å². The van der Waals surface area contributed by atoms with E-state index < -0.39 is 0 Å². The number of hydrogen-bond acceptors (Lipinski definition) is 7. The zero-order valence-electron chi connectivity index (χ0n) is 15.6. The molecule has 1 N–H and O–H groups in total. The van der Waals surface area contributed by atoms with E-state index in [1.165, 1.54) is 6.33 Å². The molecule has 1 aromatic rings. The average molecular weight is 351 g/mol. The Hall–Kier alpha value is -1.96. The summed E-state index contributed by atoms with van der Waals surface area (Å²) < 4.78 is 5.57. The summed E-state index contributed by atoms with van der Waals surface area (Å²) in [6.07, 6.45) is 3.47. The van der Waals surface area contributed by atoms with E-state index in [1.54, 1.807) is 0 Å². The SMILES string of the molecule is CC(C)CN(CC(C)C)c1ncnc(NCC2CCCO2)c1[N+](=O)[O-]. The first-order valence-electron chi connectivity index (χ1n) is 8.98. The molecule has 0 amide bonds. The molecule has 0 saturated carbocycles. The molecule has 8 heteroatoms. The van der Waals surface area contributed by atoms with E-state index >= 15 is 0 Å². The lowest BCUT2D eigenvalue weighted by atomic mass is 10.1. The highest BCUT2D eigenvalue weighted by atomic mass is 16.6. The Kier molecular flexibility index (Phi) is 6.92. The second-order valence-corrected chi connectivity index (χ2v) is 7.36. The Morgan fingerprint density at radius 2 is 2.00 bits per heavy atom. The molecule has 1 unspecified atom stereocenters. The van der Waals surface area contributed by atoms with Gasteiger partial charge in [-0.3, -0.25) is 10.1 Å². The van der Waals surface area contributed by atoms with E-state index in [9.17, 15) is 10.1 Å². The Bertz CT molecular complexity index is 563. The molecule has 1 aliphatic rings. The fourth-order valence-corrected chi connectivity index (χ4v) is 3.04. The normalized spacial score (nSPS) is 17.3. The standard InChI is InChI=1S/C17H29N5O3/c1-12(2)9-21(10-13(3)4)17-15(22(23)24)16(19-11-20-17)18-8-14-6-5-7-25-14/h11-14H,5-10H2,1-4H3,(H,18,19,20). The molecule has 2 heterocycles. The van der Waals surface area contributed by atoms with E-state index in [1.807, 2.05) is 4.90 Å². The summed E-state index contributed by atoms with van der Waals surface area (Å²) >= 11 is 0. The monoisotopic (exact) mass is 351 g/mol. The minimum absolute atomic E-state index is 0.0539. The number of nitrogens with zero attached hydrogens (tertiary/aromatic N) is 4. The molecule has 1 atom stereocenters. The van der Waals surface area contributed by atoms with Crippen LogP contribution in [0.3, 0.4) is 0 Å². The number of aromatic nitrogens is 2. The van der Waals surface area contributed by atoms with Crippen LogP contribution in [-0.2, 0) is 4.74 Å². The summed E-state index contributed by atoms with van der Waals surface area (Å²) in [5.74, 6) is 1.40. The van der Waals surface area contributed by atoms with Crippen molar-refractivity contribution < 1.29 is 9.66 Å². The van der Waals surface area contributed by atoms with Gasteiger partial charge in [0.15, 0.2) is 0 Å². The van der Waals surface area contributed by atoms with Crippen molar-refractivity contribution in [2.45, 2.75) is 46.6 Å². The predicted molar refractivity (Wildman–Crippen MR) is 98.0 cm³/mol.